The van der Waals surface area contributed by atoms with Gasteiger partial charge in [0.2, 0.25) is 0 Å². The molecule has 0 aromatic heterocycles. The van der Waals surface area contributed by atoms with Gasteiger partial charge in [0, 0.05) is 9.97 Å². The SMILES string of the molecule is IC[C@@H]1C[C@]2(CCCN2)CO1. The van der Waals surface area contributed by atoms with Gasteiger partial charge in [0.25, 0.3) is 0 Å². The van der Waals surface area contributed by atoms with E-state index in [4.69, 9.17) is 4.74 Å². The monoisotopic (exact) mass is 267 g/mol. The average Bonchev–Trinajstić information content (AvgIpc) is 2.62. The van der Waals surface area contributed by atoms with E-state index in [0.717, 1.165) is 11.0 Å². The fraction of sp³-hybridized carbons (Fsp3) is 1.00. The molecule has 0 bridgehead atoms. The Morgan fingerprint density at radius 3 is 3.09 bits per heavy atom. The Morgan fingerprint density at radius 1 is 1.64 bits per heavy atom. The highest BCUT2D eigenvalue weighted by molar-refractivity contribution is 14.1. The molecule has 3 heteroatoms. The molecule has 2 fully saturated rings. The highest BCUT2D eigenvalue weighted by atomic mass is 127. The van der Waals surface area contributed by atoms with Crippen molar-refractivity contribution in [2.45, 2.75) is 30.9 Å². The van der Waals surface area contributed by atoms with Gasteiger partial charge in [-0.1, -0.05) is 22.6 Å². The number of halogens is 1. The third-order valence-corrected chi connectivity index (χ3v) is 3.70. The predicted molar refractivity (Wildman–Crippen MR) is 53.2 cm³/mol. The summed E-state index contributed by atoms with van der Waals surface area (Å²) in [6, 6.07) is 0. The van der Waals surface area contributed by atoms with Gasteiger partial charge in [-0.2, -0.15) is 0 Å². The van der Waals surface area contributed by atoms with Gasteiger partial charge in [-0.3, -0.25) is 0 Å². The van der Waals surface area contributed by atoms with E-state index in [1.807, 2.05) is 0 Å². The first-order valence-electron chi connectivity index (χ1n) is 4.27. The molecule has 0 aliphatic carbocycles. The van der Waals surface area contributed by atoms with Crippen molar-refractivity contribution in [2.24, 2.45) is 0 Å². The molecule has 2 nitrogen and oxygen atoms in total. The van der Waals surface area contributed by atoms with Crippen LogP contribution in [-0.2, 0) is 4.74 Å². The van der Waals surface area contributed by atoms with Crippen LogP contribution >= 0.6 is 22.6 Å². The maximum atomic E-state index is 5.67. The molecule has 2 aliphatic rings. The van der Waals surface area contributed by atoms with Crippen LogP contribution in [-0.4, -0.2) is 29.2 Å². The minimum atomic E-state index is 0.385. The van der Waals surface area contributed by atoms with Crippen LogP contribution in [0.4, 0.5) is 0 Å². The van der Waals surface area contributed by atoms with E-state index < -0.39 is 0 Å². The summed E-state index contributed by atoms with van der Waals surface area (Å²) in [7, 11) is 0. The van der Waals surface area contributed by atoms with Crippen molar-refractivity contribution in [3.8, 4) is 0 Å². The third-order valence-electron chi connectivity index (χ3n) is 2.72. The minimum absolute atomic E-state index is 0.385. The Hall–Kier alpha value is 0.650. The molecule has 2 rings (SSSR count). The number of hydrogen-bond donors (Lipinski definition) is 1. The summed E-state index contributed by atoms with van der Waals surface area (Å²) in [5.41, 5.74) is 0.385. The van der Waals surface area contributed by atoms with Crippen molar-refractivity contribution in [1.29, 1.82) is 0 Å². The summed E-state index contributed by atoms with van der Waals surface area (Å²) >= 11 is 2.41. The van der Waals surface area contributed by atoms with Crippen molar-refractivity contribution < 1.29 is 4.74 Å². The van der Waals surface area contributed by atoms with Gasteiger partial charge >= 0.3 is 0 Å². The topological polar surface area (TPSA) is 21.3 Å². The second kappa shape index (κ2) is 3.18. The maximum absolute atomic E-state index is 5.67. The maximum Gasteiger partial charge on any atom is 0.0683 e. The molecule has 2 saturated heterocycles. The van der Waals surface area contributed by atoms with E-state index in [2.05, 4.69) is 27.9 Å². The molecule has 2 atom stereocenters. The molecule has 2 aliphatic heterocycles. The Morgan fingerprint density at radius 2 is 2.55 bits per heavy atom. The Bertz CT molecular complexity index is 145. The zero-order valence-corrected chi connectivity index (χ0v) is 8.76. The van der Waals surface area contributed by atoms with E-state index >= 15 is 0 Å². The second-order valence-electron chi connectivity index (χ2n) is 3.60. The summed E-state index contributed by atoms with van der Waals surface area (Å²) in [5.74, 6) is 0. The summed E-state index contributed by atoms with van der Waals surface area (Å²) in [5, 5.41) is 3.57. The third kappa shape index (κ3) is 1.55. The van der Waals surface area contributed by atoms with Gasteiger partial charge in [-0.25, -0.2) is 0 Å². The quantitative estimate of drug-likeness (QED) is 0.571. The second-order valence-corrected chi connectivity index (χ2v) is 4.48. The van der Waals surface area contributed by atoms with E-state index in [1.165, 1.54) is 25.8 Å². The number of alkyl halides is 1. The molecule has 0 unspecified atom stereocenters. The van der Waals surface area contributed by atoms with Gasteiger partial charge in [0.15, 0.2) is 0 Å². The standard InChI is InChI=1S/C8H14INO/c9-5-7-4-8(6-11-7)2-1-3-10-8/h7,10H,1-6H2/t7-,8+/m0/s1. The molecule has 2 heterocycles. The van der Waals surface area contributed by atoms with E-state index in [-0.39, 0.29) is 0 Å². The molecule has 0 aromatic carbocycles. The summed E-state index contributed by atoms with van der Waals surface area (Å²) < 4.78 is 6.81. The highest BCUT2D eigenvalue weighted by Gasteiger charge is 2.41. The fourth-order valence-corrected chi connectivity index (χ4v) is 2.66. The highest BCUT2D eigenvalue weighted by Crippen LogP contribution is 2.32. The number of hydrogen-bond acceptors (Lipinski definition) is 2. The summed E-state index contributed by atoms with van der Waals surface area (Å²) in [6.45, 7) is 2.14. The van der Waals surface area contributed by atoms with Crippen LogP contribution in [0, 0.1) is 0 Å². The van der Waals surface area contributed by atoms with Gasteiger partial charge in [-0.05, 0) is 25.8 Å². The first-order valence-corrected chi connectivity index (χ1v) is 5.80. The van der Waals surface area contributed by atoms with Crippen LogP contribution < -0.4 is 5.32 Å². The Labute approximate surface area is 81.2 Å². The van der Waals surface area contributed by atoms with E-state index in [0.29, 0.717) is 11.6 Å². The lowest BCUT2D eigenvalue weighted by molar-refractivity contribution is 0.119. The minimum Gasteiger partial charge on any atom is -0.375 e. The van der Waals surface area contributed by atoms with Crippen molar-refractivity contribution in [1.82, 2.24) is 5.32 Å². The van der Waals surface area contributed by atoms with Crippen LogP contribution in [0.25, 0.3) is 0 Å². The first kappa shape index (κ1) is 8.26. The molecule has 1 spiro atoms. The summed E-state index contributed by atoms with van der Waals surface area (Å²) in [4.78, 5) is 0. The zero-order valence-electron chi connectivity index (χ0n) is 6.61. The molecule has 0 radical (unpaired) electrons. The molecular formula is C8H14INO. The Balaban J connectivity index is 1.96. The number of ether oxygens (including phenoxy) is 1. The van der Waals surface area contributed by atoms with E-state index in [1.54, 1.807) is 0 Å². The predicted octanol–water partition coefficient (Wildman–Crippen LogP) is 1.33. The van der Waals surface area contributed by atoms with Crippen LogP contribution in [0.3, 0.4) is 0 Å². The van der Waals surface area contributed by atoms with Crippen LogP contribution in [0.1, 0.15) is 19.3 Å². The molecule has 0 aromatic rings. The van der Waals surface area contributed by atoms with Gasteiger partial charge < -0.3 is 10.1 Å². The number of rotatable bonds is 1. The van der Waals surface area contributed by atoms with Crippen LogP contribution in [0.15, 0.2) is 0 Å². The molecular weight excluding hydrogens is 253 g/mol. The van der Waals surface area contributed by atoms with Crippen LogP contribution in [0.2, 0.25) is 0 Å². The average molecular weight is 267 g/mol. The van der Waals surface area contributed by atoms with Crippen molar-refractivity contribution in [2.75, 3.05) is 17.6 Å². The van der Waals surface area contributed by atoms with Gasteiger partial charge in [-0.15, -0.1) is 0 Å². The van der Waals surface area contributed by atoms with E-state index in [9.17, 15) is 0 Å². The van der Waals surface area contributed by atoms with Crippen molar-refractivity contribution in [3.05, 3.63) is 0 Å². The lowest BCUT2D eigenvalue weighted by Gasteiger charge is -2.20. The molecule has 0 amide bonds. The Kier molecular flexibility index (Phi) is 2.39. The van der Waals surface area contributed by atoms with Gasteiger partial charge in [0.05, 0.1) is 12.7 Å². The summed E-state index contributed by atoms with van der Waals surface area (Å²) in [6.07, 6.45) is 4.40. The van der Waals surface area contributed by atoms with Crippen molar-refractivity contribution >= 4 is 22.6 Å². The molecule has 0 saturated carbocycles. The van der Waals surface area contributed by atoms with Crippen LogP contribution in [0.5, 0.6) is 0 Å². The molecule has 1 N–H and O–H groups in total. The number of nitrogens with one attached hydrogen (secondary N) is 1. The van der Waals surface area contributed by atoms with Gasteiger partial charge in [0.1, 0.15) is 0 Å². The largest absolute Gasteiger partial charge is 0.375 e. The fourth-order valence-electron chi connectivity index (χ4n) is 2.10. The van der Waals surface area contributed by atoms with Crippen molar-refractivity contribution in [3.63, 3.8) is 0 Å². The lowest BCUT2D eigenvalue weighted by atomic mass is 9.95. The normalized spacial score (nSPS) is 43.9. The first-order chi connectivity index (χ1) is 5.35. The molecule has 11 heavy (non-hydrogen) atoms. The lowest BCUT2D eigenvalue weighted by Crippen LogP contribution is -2.40. The zero-order chi connectivity index (χ0) is 7.73. The smallest absolute Gasteiger partial charge is 0.0683 e. The molecule has 64 valence electrons.